The lowest BCUT2D eigenvalue weighted by atomic mass is 10.1. The van der Waals surface area contributed by atoms with Crippen LogP contribution in [0.4, 0.5) is 0 Å². The Morgan fingerprint density at radius 1 is 1.33 bits per heavy atom. The van der Waals surface area contributed by atoms with Gasteiger partial charge in [0.2, 0.25) is 0 Å². The van der Waals surface area contributed by atoms with E-state index >= 15 is 0 Å². The van der Waals surface area contributed by atoms with Crippen LogP contribution in [-0.4, -0.2) is 5.75 Å². The highest BCUT2D eigenvalue weighted by Gasteiger charge is 2.00. The number of hydrogen-bond donors (Lipinski definition) is 0. The molecule has 0 heterocycles. The zero-order valence-corrected chi connectivity index (χ0v) is 7.50. The molecule has 0 spiro atoms. The zero-order valence-electron chi connectivity index (χ0n) is 6.68. The molecule has 55 valence electrons. The standard InChI is InChI=1S/C8H17S/c1-4-8(5-2)7-9-6-3/h6,8H,4-5,7H2,1-3H3. The molecular formula is C8H17S. The van der Waals surface area contributed by atoms with Crippen molar-refractivity contribution in [3.05, 3.63) is 5.75 Å². The van der Waals surface area contributed by atoms with Crippen molar-refractivity contribution in [1.82, 2.24) is 0 Å². The molecule has 0 aromatic carbocycles. The molecule has 1 heteroatoms. The fourth-order valence-corrected chi connectivity index (χ4v) is 1.69. The average molecular weight is 145 g/mol. The Kier molecular flexibility index (Phi) is 6.72. The normalized spacial score (nSPS) is 10.7. The number of thioether (sulfide) groups is 1. The van der Waals surface area contributed by atoms with Crippen molar-refractivity contribution in [2.45, 2.75) is 33.6 Å². The summed E-state index contributed by atoms with van der Waals surface area (Å²) in [6.07, 6.45) is 2.66. The molecule has 0 unspecified atom stereocenters. The van der Waals surface area contributed by atoms with E-state index in [0.29, 0.717) is 0 Å². The second-order valence-electron chi connectivity index (χ2n) is 2.25. The Bertz CT molecular complexity index is 48.5. The summed E-state index contributed by atoms with van der Waals surface area (Å²) in [6.45, 7) is 6.64. The fourth-order valence-electron chi connectivity index (χ4n) is 0.757. The second kappa shape index (κ2) is 6.47. The minimum Gasteiger partial charge on any atom is -0.157 e. The van der Waals surface area contributed by atoms with Gasteiger partial charge in [-0.1, -0.05) is 33.6 Å². The van der Waals surface area contributed by atoms with E-state index in [-0.39, 0.29) is 0 Å². The van der Waals surface area contributed by atoms with Gasteiger partial charge in [0.25, 0.3) is 0 Å². The summed E-state index contributed by atoms with van der Waals surface area (Å²) in [4.78, 5) is 0. The molecule has 9 heavy (non-hydrogen) atoms. The highest BCUT2D eigenvalue weighted by molar-refractivity contribution is 8.01. The molecular weight excluding hydrogens is 128 g/mol. The van der Waals surface area contributed by atoms with E-state index in [2.05, 4.69) is 26.5 Å². The van der Waals surface area contributed by atoms with Crippen molar-refractivity contribution in [3.8, 4) is 0 Å². The lowest BCUT2D eigenvalue weighted by molar-refractivity contribution is 0.554. The van der Waals surface area contributed by atoms with E-state index in [1.165, 1.54) is 18.6 Å². The molecule has 0 nitrogen and oxygen atoms in total. The molecule has 0 amide bonds. The maximum atomic E-state index is 2.27. The maximum Gasteiger partial charge on any atom is 0.0135 e. The van der Waals surface area contributed by atoms with Gasteiger partial charge in [-0.3, -0.25) is 0 Å². The smallest absolute Gasteiger partial charge is 0.0135 e. The molecule has 0 bridgehead atoms. The van der Waals surface area contributed by atoms with Gasteiger partial charge < -0.3 is 0 Å². The van der Waals surface area contributed by atoms with Crippen LogP contribution in [0.3, 0.4) is 0 Å². The van der Waals surface area contributed by atoms with Gasteiger partial charge in [0.05, 0.1) is 0 Å². The molecule has 0 saturated carbocycles. The molecule has 0 aliphatic heterocycles. The Labute approximate surface area is 63.4 Å². The summed E-state index contributed by atoms with van der Waals surface area (Å²) in [5, 5.41) is 0. The third-order valence-electron chi connectivity index (χ3n) is 1.65. The van der Waals surface area contributed by atoms with Crippen LogP contribution in [0.2, 0.25) is 0 Å². The molecule has 0 aliphatic carbocycles. The average Bonchev–Trinajstić information content (AvgIpc) is 1.91. The van der Waals surface area contributed by atoms with E-state index < -0.39 is 0 Å². The maximum absolute atomic E-state index is 2.27. The quantitative estimate of drug-likeness (QED) is 0.572. The van der Waals surface area contributed by atoms with E-state index in [0.717, 1.165) is 5.92 Å². The fraction of sp³-hybridized carbons (Fsp3) is 0.875. The molecule has 1 radical (unpaired) electrons. The van der Waals surface area contributed by atoms with Crippen molar-refractivity contribution in [2.24, 2.45) is 5.92 Å². The summed E-state index contributed by atoms with van der Waals surface area (Å²) in [7, 11) is 0. The van der Waals surface area contributed by atoms with Crippen molar-refractivity contribution in [3.63, 3.8) is 0 Å². The molecule has 0 N–H and O–H groups in total. The number of rotatable bonds is 5. The first-order valence-corrected chi connectivity index (χ1v) is 4.79. The molecule has 0 saturated heterocycles. The summed E-state index contributed by atoms with van der Waals surface area (Å²) < 4.78 is 0. The van der Waals surface area contributed by atoms with Crippen molar-refractivity contribution < 1.29 is 0 Å². The van der Waals surface area contributed by atoms with E-state index in [9.17, 15) is 0 Å². The van der Waals surface area contributed by atoms with Gasteiger partial charge in [0.1, 0.15) is 0 Å². The van der Waals surface area contributed by atoms with Crippen LogP contribution >= 0.6 is 11.8 Å². The summed E-state index contributed by atoms with van der Waals surface area (Å²) in [5.74, 6) is 4.42. The number of hydrogen-bond acceptors (Lipinski definition) is 1. The van der Waals surface area contributed by atoms with Gasteiger partial charge in [-0.15, -0.1) is 0 Å². The molecule has 0 atom stereocenters. The predicted molar refractivity (Wildman–Crippen MR) is 46.5 cm³/mol. The predicted octanol–water partition coefficient (Wildman–Crippen LogP) is 3.34. The minimum absolute atomic E-state index is 0.936. The van der Waals surface area contributed by atoms with Crippen LogP contribution in [0, 0.1) is 11.7 Å². The van der Waals surface area contributed by atoms with Gasteiger partial charge in [-0.25, -0.2) is 0 Å². The highest BCUT2D eigenvalue weighted by atomic mass is 32.2. The molecule has 0 aromatic rings. The topological polar surface area (TPSA) is 0 Å². The zero-order chi connectivity index (χ0) is 7.11. The molecule has 0 aliphatic rings. The van der Waals surface area contributed by atoms with Gasteiger partial charge in [0, 0.05) is 5.75 Å². The van der Waals surface area contributed by atoms with Crippen LogP contribution in [0.25, 0.3) is 0 Å². The largest absolute Gasteiger partial charge is 0.157 e. The van der Waals surface area contributed by atoms with Crippen LogP contribution < -0.4 is 0 Å². The lowest BCUT2D eigenvalue weighted by Gasteiger charge is -2.09. The first-order valence-electron chi connectivity index (χ1n) is 3.74. The van der Waals surface area contributed by atoms with E-state index in [4.69, 9.17) is 0 Å². The van der Waals surface area contributed by atoms with Crippen molar-refractivity contribution in [2.75, 3.05) is 5.75 Å². The summed E-state index contributed by atoms with van der Waals surface area (Å²) >= 11 is 1.94. The molecule has 0 fully saturated rings. The Morgan fingerprint density at radius 2 is 1.89 bits per heavy atom. The van der Waals surface area contributed by atoms with Crippen molar-refractivity contribution in [1.29, 1.82) is 0 Å². The van der Waals surface area contributed by atoms with E-state index in [1.807, 2.05) is 11.8 Å². The first-order chi connectivity index (χ1) is 4.35. The summed E-state index contributed by atoms with van der Waals surface area (Å²) in [6, 6.07) is 0. The van der Waals surface area contributed by atoms with Crippen LogP contribution in [0.5, 0.6) is 0 Å². The molecule has 0 rings (SSSR count). The van der Waals surface area contributed by atoms with Crippen molar-refractivity contribution >= 4 is 11.8 Å². The first kappa shape index (κ1) is 9.35. The highest BCUT2D eigenvalue weighted by Crippen LogP contribution is 2.16. The minimum atomic E-state index is 0.936. The Morgan fingerprint density at radius 3 is 2.22 bits per heavy atom. The lowest BCUT2D eigenvalue weighted by Crippen LogP contribution is -1.98. The summed E-state index contributed by atoms with van der Waals surface area (Å²) in [5.41, 5.74) is 0. The van der Waals surface area contributed by atoms with Crippen LogP contribution in [0.1, 0.15) is 33.6 Å². The SMILES string of the molecule is C[CH]SCC(CC)CC. The second-order valence-corrected chi connectivity index (χ2v) is 3.39. The van der Waals surface area contributed by atoms with E-state index in [1.54, 1.807) is 0 Å². The van der Waals surface area contributed by atoms with Gasteiger partial charge in [0.15, 0.2) is 0 Å². The van der Waals surface area contributed by atoms with Crippen LogP contribution in [-0.2, 0) is 0 Å². The van der Waals surface area contributed by atoms with Gasteiger partial charge in [-0.2, -0.15) is 11.8 Å². The van der Waals surface area contributed by atoms with Crippen LogP contribution in [0.15, 0.2) is 0 Å². The van der Waals surface area contributed by atoms with Gasteiger partial charge in [-0.05, 0) is 11.7 Å². The monoisotopic (exact) mass is 145 g/mol. The van der Waals surface area contributed by atoms with Gasteiger partial charge >= 0.3 is 0 Å². The third kappa shape index (κ3) is 4.83. The Balaban J connectivity index is 3.09. The third-order valence-corrected chi connectivity index (χ3v) is 2.65. The molecule has 0 aromatic heterocycles. The Hall–Kier alpha value is 0.350.